The van der Waals surface area contributed by atoms with E-state index in [1.54, 1.807) is 0 Å². The van der Waals surface area contributed by atoms with Gasteiger partial charge in [0.25, 0.3) is 5.01 Å². The Kier molecular flexibility index (Phi) is 8.41. The predicted octanol–water partition coefficient (Wildman–Crippen LogP) is 10.2. The lowest BCUT2D eigenvalue weighted by Gasteiger charge is -2.35. The molecular weight excluding hydrogens is 575 g/mol. The predicted molar refractivity (Wildman–Crippen MR) is 190 cm³/mol. The molecule has 1 aromatic heterocycles. The molecule has 7 rings (SSSR count). The van der Waals surface area contributed by atoms with Gasteiger partial charge >= 0.3 is 0 Å². The van der Waals surface area contributed by atoms with Gasteiger partial charge in [-0.3, -0.25) is 0 Å². The Labute approximate surface area is 269 Å². The zero-order chi connectivity index (χ0) is 29.9. The van der Waals surface area contributed by atoms with Gasteiger partial charge in [0.2, 0.25) is 5.52 Å². The third kappa shape index (κ3) is 5.51. The van der Waals surface area contributed by atoms with Gasteiger partial charge in [0.15, 0.2) is 0 Å². The number of hydrogen-bond acceptors (Lipinski definition) is 4. The molecule has 0 bridgehead atoms. The first kappa shape index (κ1) is 28.7. The Bertz CT molecular complexity index is 1800. The van der Waals surface area contributed by atoms with E-state index >= 15 is 0 Å². The summed E-state index contributed by atoms with van der Waals surface area (Å²) in [4.78, 5) is 6.35. The number of thiazole rings is 1. The normalized spacial score (nSPS) is 19.9. The summed E-state index contributed by atoms with van der Waals surface area (Å²) in [5.41, 5.74) is 6.57. The summed E-state index contributed by atoms with van der Waals surface area (Å²) in [5, 5.41) is 2.62. The number of fused-ring (bicyclic) bond motifs is 2. The topological polar surface area (TPSA) is 10.4 Å². The SMILES string of the molecule is CCN1C(=CC=C2CCC(C=Cc3sc4ccccc4[n+]3CC)C2N(c2ccccc2)c2ccccc2)Sc2ccccc21. The standard InChI is InChI=1S/C39H38N3S2/c1-3-40-33-19-11-13-21-35(33)43-37(40)27-25-29-23-24-30(26-28-38-41(4-2)34-20-12-14-22-36(34)44-38)39(29)42(31-15-7-5-8-16-31)32-17-9-6-10-18-32/h5-22,25-29,39H,3-4,23-24H2,1-2H3/q+1. The third-order valence-electron chi connectivity index (χ3n) is 8.73. The molecule has 0 spiro atoms. The van der Waals surface area contributed by atoms with Gasteiger partial charge in [-0.15, -0.1) is 0 Å². The number of allylic oxidation sites excluding steroid dienone is 2. The van der Waals surface area contributed by atoms with Crippen LogP contribution in [0.5, 0.6) is 0 Å². The van der Waals surface area contributed by atoms with Gasteiger partial charge in [0.1, 0.15) is 11.2 Å². The van der Waals surface area contributed by atoms with Crippen LogP contribution in [0.25, 0.3) is 16.3 Å². The minimum atomic E-state index is 0.209. The van der Waals surface area contributed by atoms with Gasteiger partial charge < -0.3 is 9.80 Å². The summed E-state index contributed by atoms with van der Waals surface area (Å²) < 4.78 is 3.79. The van der Waals surface area contributed by atoms with Gasteiger partial charge in [-0.2, -0.15) is 4.57 Å². The average Bonchev–Trinajstić information content (AvgIpc) is 3.76. The van der Waals surface area contributed by atoms with E-state index in [4.69, 9.17) is 0 Å². The molecule has 5 aromatic rings. The van der Waals surface area contributed by atoms with Crippen molar-refractivity contribution in [2.45, 2.75) is 44.2 Å². The first-order valence-corrected chi connectivity index (χ1v) is 17.3. The highest BCUT2D eigenvalue weighted by Crippen LogP contribution is 2.47. The fraction of sp³-hybridized carbons (Fsp3) is 0.205. The van der Waals surface area contributed by atoms with E-state index in [1.807, 2.05) is 23.1 Å². The molecule has 2 atom stereocenters. The van der Waals surface area contributed by atoms with Crippen molar-refractivity contribution in [2.75, 3.05) is 16.3 Å². The maximum atomic E-state index is 2.57. The minimum absolute atomic E-state index is 0.209. The number of para-hydroxylation sites is 4. The molecule has 2 heterocycles. The molecule has 1 fully saturated rings. The lowest BCUT2D eigenvalue weighted by atomic mass is 9.97. The lowest BCUT2D eigenvalue weighted by molar-refractivity contribution is -0.665. The van der Waals surface area contributed by atoms with E-state index in [1.165, 1.54) is 47.8 Å². The van der Waals surface area contributed by atoms with E-state index in [9.17, 15) is 0 Å². The van der Waals surface area contributed by atoms with Gasteiger partial charge in [-0.1, -0.05) is 95.9 Å². The van der Waals surface area contributed by atoms with Crippen molar-refractivity contribution >= 4 is 56.5 Å². The average molecular weight is 613 g/mol. The third-order valence-corrected chi connectivity index (χ3v) is 11.0. The molecule has 1 aliphatic heterocycles. The highest BCUT2D eigenvalue weighted by Gasteiger charge is 2.36. The van der Waals surface area contributed by atoms with E-state index in [0.717, 1.165) is 25.9 Å². The second kappa shape index (κ2) is 12.9. The monoisotopic (exact) mass is 612 g/mol. The van der Waals surface area contributed by atoms with Crippen molar-refractivity contribution in [1.29, 1.82) is 0 Å². The number of benzene rings is 4. The number of aromatic nitrogens is 1. The smallest absolute Gasteiger partial charge is 0.262 e. The van der Waals surface area contributed by atoms with Crippen LogP contribution in [0.2, 0.25) is 0 Å². The van der Waals surface area contributed by atoms with Crippen molar-refractivity contribution < 1.29 is 4.57 Å². The van der Waals surface area contributed by atoms with Crippen molar-refractivity contribution in [3.05, 3.63) is 143 Å². The molecule has 0 radical (unpaired) electrons. The van der Waals surface area contributed by atoms with E-state index < -0.39 is 0 Å². The number of rotatable bonds is 8. The van der Waals surface area contributed by atoms with Crippen LogP contribution >= 0.6 is 23.1 Å². The molecule has 2 unspecified atom stereocenters. The summed E-state index contributed by atoms with van der Waals surface area (Å²) >= 11 is 3.77. The largest absolute Gasteiger partial charge is 0.335 e. The van der Waals surface area contributed by atoms with Crippen LogP contribution in [0.4, 0.5) is 17.1 Å². The van der Waals surface area contributed by atoms with Crippen LogP contribution in [-0.4, -0.2) is 12.6 Å². The van der Waals surface area contributed by atoms with Crippen LogP contribution in [0, 0.1) is 5.92 Å². The summed E-state index contributed by atoms with van der Waals surface area (Å²) in [6.07, 6.45) is 11.9. The van der Waals surface area contributed by atoms with E-state index in [2.05, 4.69) is 162 Å². The van der Waals surface area contributed by atoms with Crippen molar-refractivity contribution in [3.63, 3.8) is 0 Å². The molecule has 0 amide bonds. The molecule has 0 N–H and O–H groups in total. The molecule has 1 saturated carbocycles. The van der Waals surface area contributed by atoms with Gasteiger partial charge in [0, 0.05) is 40.9 Å². The second-order valence-corrected chi connectivity index (χ2v) is 13.4. The number of thioether (sulfide) groups is 1. The maximum absolute atomic E-state index is 2.57. The number of nitrogens with zero attached hydrogens (tertiary/aromatic N) is 3. The zero-order valence-electron chi connectivity index (χ0n) is 25.3. The van der Waals surface area contributed by atoms with Gasteiger partial charge in [-0.05, 0) is 80.8 Å². The van der Waals surface area contributed by atoms with E-state index in [0.29, 0.717) is 5.92 Å². The van der Waals surface area contributed by atoms with Crippen molar-refractivity contribution in [2.24, 2.45) is 5.92 Å². The summed E-state index contributed by atoms with van der Waals surface area (Å²) in [5.74, 6) is 0.367. The second-order valence-electron chi connectivity index (χ2n) is 11.3. The highest BCUT2D eigenvalue weighted by molar-refractivity contribution is 8.03. The fourth-order valence-corrected chi connectivity index (χ4v) is 8.96. The zero-order valence-corrected chi connectivity index (χ0v) is 27.0. The minimum Gasteiger partial charge on any atom is -0.335 e. The molecule has 44 heavy (non-hydrogen) atoms. The van der Waals surface area contributed by atoms with Gasteiger partial charge in [-0.25, -0.2) is 0 Å². The van der Waals surface area contributed by atoms with Crippen LogP contribution < -0.4 is 14.4 Å². The Hall–Kier alpha value is -4.06. The van der Waals surface area contributed by atoms with Crippen LogP contribution in [0.3, 0.4) is 0 Å². The lowest BCUT2D eigenvalue weighted by Crippen LogP contribution is -2.35. The molecule has 4 aromatic carbocycles. The van der Waals surface area contributed by atoms with Crippen molar-refractivity contribution in [1.82, 2.24) is 0 Å². The Morgan fingerprint density at radius 1 is 0.818 bits per heavy atom. The molecule has 1 aliphatic carbocycles. The molecule has 0 saturated heterocycles. The molecular formula is C39H38N3S2+. The van der Waals surface area contributed by atoms with Crippen molar-refractivity contribution in [3.8, 4) is 0 Å². The highest BCUT2D eigenvalue weighted by atomic mass is 32.2. The van der Waals surface area contributed by atoms with E-state index in [-0.39, 0.29) is 6.04 Å². The maximum Gasteiger partial charge on any atom is 0.262 e. The Morgan fingerprint density at radius 2 is 1.50 bits per heavy atom. The van der Waals surface area contributed by atoms with Crippen LogP contribution in [-0.2, 0) is 6.54 Å². The summed E-state index contributed by atoms with van der Waals surface area (Å²) in [7, 11) is 0. The molecule has 220 valence electrons. The summed E-state index contributed by atoms with van der Waals surface area (Å²) in [6.45, 7) is 6.41. The Morgan fingerprint density at radius 3 is 2.23 bits per heavy atom. The molecule has 5 heteroatoms. The quantitative estimate of drug-likeness (QED) is 0.162. The first-order valence-electron chi connectivity index (χ1n) is 15.7. The molecule has 3 nitrogen and oxygen atoms in total. The van der Waals surface area contributed by atoms with Crippen LogP contribution in [0.1, 0.15) is 31.7 Å². The fourth-order valence-electron chi connectivity index (χ4n) is 6.69. The number of aryl methyl sites for hydroxylation is 1. The Balaban J connectivity index is 1.31. The molecule has 2 aliphatic rings. The number of hydrogen-bond donors (Lipinski definition) is 0. The van der Waals surface area contributed by atoms with Crippen LogP contribution in [0.15, 0.2) is 143 Å². The van der Waals surface area contributed by atoms with Gasteiger partial charge in [0.05, 0.1) is 16.8 Å². The number of anilines is 3. The first-order chi connectivity index (χ1) is 21.7. The summed E-state index contributed by atoms with van der Waals surface area (Å²) in [6, 6.07) is 39.6.